The zero-order valence-corrected chi connectivity index (χ0v) is 15.7. The van der Waals surface area contributed by atoms with E-state index in [0.29, 0.717) is 11.5 Å². The molecule has 26 heavy (non-hydrogen) atoms. The Bertz CT molecular complexity index is 1130. The molecule has 0 aliphatic rings. The van der Waals surface area contributed by atoms with Crippen LogP contribution in [0.2, 0.25) is 0 Å². The highest BCUT2D eigenvalue weighted by atomic mass is 32.1. The number of fused-ring (bicyclic) bond motifs is 2. The number of hydrogen-bond donors (Lipinski definition) is 0. The lowest BCUT2D eigenvalue weighted by atomic mass is 10.1. The standard InChI is InChI=1S/C20H20N4OS/c1-3-18-22-24-19(25)11-17(21-20(24)26-18)13-23(2)12-14-8-9-15-6-4-5-7-16(15)10-14/h4-11H,3,12-13H2,1-2H3. The van der Waals surface area contributed by atoms with Crippen LogP contribution in [0.4, 0.5) is 0 Å². The van der Waals surface area contributed by atoms with Crippen molar-refractivity contribution in [1.82, 2.24) is 19.5 Å². The third kappa shape index (κ3) is 3.38. The van der Waals surface area contributed by atoms with E-state index >= 15 is 0 Å². The quantitative estimate of drug-likeness (QED) is 0.544. The minimum Gasteiger partial charge on any atom is -0.296 e. The topological polar surface area (TPSA) is 50.5 Å². The summed E-state index contributed by atoms with van der Waals surface area (Å²) in [6, 6.07) is 16.5. The smallest absolute Gasteiger partial charge is 0.275 e. The molecule has 0 spiro atoms. The first-order chi connectivity index (χ1) is 12.6. The van der Waals surface area contributed by atoms with Gasteiger partial charge in [0.05, 0.1) is 5.69 Å². The molecule has 4 aromatic rings. The van der Waals surface area contributed by atoms with Crippen LogP contribution in [-0.4, -0.2) is 26.5 Å². The van der Waals surface area contributed by atoms with E-state index in [9.17, 15) is 4.79 Å². The molecule has 6 heteroatoms. The summed E-state index contributed by atoms with van der Waals surface area (Å²) in [5, 5.41) is 7.71. The summed E-state index contributed by atoms with van der Waals surface area (Å²) < 4.78 is 1.40. The second kappa shape index (κ2) is 6.97. The lowest BCUT2D eigenvalue weighted by molar-refractivity contribution is 0.315. The molecule has 0 N–H and O–H groups in total. The minimum atomic E-state index is -0.111. The second-order valence-electron chi connectivity index (χ2n) is 6.48. The van der Waals surface area contributed by atoms with Crippen molar-refractivity contribution in [2.75, 3.05) is 7.05 Å². The number of aryl methyl sites for hydroxylation is 1. The van der Waals surface area contributed by atoms with Gasteiger partial charge in [-0.3, -0.25) is 9.69 Å². The highest BCUT2D eigenvalue weighted by Crippen LogP contribution is 2.17. The van der Waals surface area contributed by atoms with Crippen LogP contribution in [0.15, 0.2) is 53.3 Å². The van der Waals surface area contributed by atoms with Crippen molar-refractivity contribution in [2.24, 2.45) is 0 Å². The molecule has 0 bridgehead atoms. The van der Waals surface area contributed by atoms with Crippen LogP contribution >= 0.6 is 11.3 Å². The van der Waals surface area contributed by atoms with Crippen molar-refractivity contribution >= 4 is 27.1 Å². The third-order valence-electron chi connectivity index (χ3n) is 4.34. The molecular formula is C20H20N4OS. The lowest BCUT2D eigenvalue weighted by Gasteiger charge is -2.16. The van der Waals surface area contributed by atoms with E-state index in [1.807, 2.05) is 14.0 Å². The number of rotatable bonds is 5. The summed E-state index contributed by atoms with van der Waals surface area (Å²) in [7, 11) is 2.04. The molecule has 0 aliphatic carbocycles. The van der Waals surface area contributed by atoms with Crippen molar-refractivity contribution in [3.05, 3.63) is 75.1 Å². The summed E-state index contributed by atoms with van der Waals surface area (Å²) in [4.78, 5) is 19.7. The van der Waals surface area contributed by atoms with Crippen molar-refractivity contribution in [3.63, 3.8) is 0 Å². The van der Waals surface area contributed by atoms with Gasteiger partial charge < -0.3 is 0 Å². The number of nitrogens with zero attached hydrogens (tertiary/aromatic N) is 4. The largest absolute Gasteiger partial charge is 0.296 e. The molecule has 2 aromatic carbocycles. The van der Waals surface area contributed by atoms with E-state index in [1.54, 1.807) is 6.07 Å². The fourth-order valence-electron chi connectivity index (χ4n) is 3.10. The number of benzene rings is 2. The Kier molecular flexibility index (Phi) is 4.53. The van der Waals surface area contributed by atoms with Crippen molar-refractivity contribution < 1.29 is 0 Å². The molecule has 0 saturated heterocycles. The van der Waals surface area contributed by atoms with Gasteiger partial charge in [-0.05, 0) is 35.9 Å². The second-order valence-corrected chi connectivity index (χ2v) is 7.52. The summed E-state index contributed by atoms with van der Waals surface area (Å²) in [6.45, 7) is 3.45. The van der Waals surface area contributed by atoms with Gasteiger partial charge in [-0.15, -0.1) is 0 Å². The van der Waals surface area contributed by atoms with Crippen LogP contribution in [0.25, 0.3) is 15.7 Å². The number of aromatic nitrogens is 3. The molecule has 0 aliphatic heterocycles. The predicted octanol–water partition coefficient (Wildman–Crippen LogP) is 3.50. The van der Waals surface area contributed by atoms with Crippen LogP contribution in [0.5, 0.6) is 0 Å². The molecule has 0 fully saturated rings. The minimum absolute atomic E-state index is 0.111. The first kappa shape index (κ1) is 16.9. The van der Waals surface area contributed by atoms with Crippen LogP contribution in [0, 0.1) is 0 Å². The maximum Gasteiger partial charge on any atom is 0.275 e. The first-order valence-electron chi connectivity index (χ1n) is 8.67. The van der Waals surface area contributed by atoms with Crippen LogP contribution in [-0.2, 0) is 19.5 Å². The van der Waals surface area contributed by atoms with E-state index in [1.165, 1.54) is 32.2 Å². The Labute approximate surface area is 155 Å². The molecule has 0 saturated carbocycles. The Morgan fingerprint density at radius 3 is 2.69 bits per heavy atom. The summed E-state index contributed by atoms with van der Waals surface area (Å²) in [5.41, 5.74) is 1.92. The van der Waals surface area contributed by atoms with Gasteiger partial charge in [-0.2, -0.15) is 9.61 Å². The lowest BCUT2D eigenvalue weighted by Crippen LogP contribution is -2.21. The van der Waals surface area contributed by atoms with Crippen molar-refractivity contribution in [1.29, 1.82) is 0 Å². The molecule has 0 radical (unpaired) electrons. The molecule has 0 atom stereocenters. The first-order valence-corrected chi connectivity index (χ1v) is 9.49. The third-order valence-corrected chi connectivity index (χ3v) is 5.39. The fourth-order valence-corrected chi connectivity index (χ4v) is 3.96. The highest BCUT2D eigenvalue weighted by molar-refractivity contribution is 7.16. The Hall–Kier alpha value is -2.57. The summed E-state index contributed by atoms with van der Waals surface area (Å²) in [6.07, 6.45) is 0.810. The Balaban J connectivity index is 1.54. The Morgan fingerprint density at radius 1 is 1.08 bits per heavy atom. The van der Waals surface area contributed by atoms with Crippen LogP contribution < -0.4 is 5.56 Å². The average Bonchev–Trinajstić information content (AvgIpc) is 3.05. The summed E-state index contributed by atoms with van der Waals surface area (Å²) in [5.74, 6) is 0. The molecule has 0 amide bonds. The van der Waals surface area contributed by atoms with Gasteiger partial charge in [0, 0.05) is 19.2 Å². The van der Waals surface area contributed by atoms with Gasteiger partial charge in [0.25, 0.3) is 5.56 Å². The molecular weight excluding hydrogens is 344 g/mol. The van der Waals surface area contributed by atoms with Gasteiger partial charge in [0.1, 0.15) is 5.01 Å². The molecule has 2 heterocycles. The maximum atomic E-state index is 12.3. The zero-order valence-electron chi connectivity index (χ0n) is 14.8. The number of hydrogen-bond acceptors (Lipinski definition) is 5. The monoisotopic (exact) mass is 364 g/mol. The van der Waals surface area contributed by atoms with E-state index in [4.69, 9.17) is 0 Å². The van der Waals surface area contributed by atoms with E-state index in [2.05, 4.69) is 57.4 Å². The Morgan fingerprint density at radius 2 is 1.88 bits per heavy atom. The SMILES string of the molecule is CCc1nn2c(=O)cc(CN(C)Cc3ccc4ccccc4c3)nc2s1. The van der Waals surface area contributed by atoms with E-state index in [-0.39, 0.29) is 5.56 Å². The molecule has 5 nitrogen and oxygen atoms in total. The van der Waals surface area contributed by atoms with Gasteiger partial charge in [0.2, 0.25) is 4.96 Å². The molecule has 2 aromatic heterocycles. The van der Waals surface area contributed by atoms with Crippen LogP contribution in [0.3, 0.4) is 0 Å². The fraction of sp³-hybridized carbons (Fsp3) is 0.250. The van der Waals surface area contributed by atoms with Gasteiger partial charge in [-0.1, -0.05) is 54.7 Å². The predicted molar refractivity (Wildman–Crippen MR) is 106 cm³/mol. The molecule has 132 valence electrons. The van der Waals surface area contributed by atoms with Gasteiger partial charge in [0.15, 0.2) is 0 Å². The summed E-state index contributed by atoms with van der Waals surface area (Å²) >= 11 is 1.48. The van der Waals surface area contributed by atoms with Gasteiger partial charge >= 0.3 is 0 Å². The highest BCUT2D eigenvalue weighted by Gasteiger charge is 2.10. The maximum absolute atomic E-state index is 12.3. The van der Waals surface area contributed by atoms with Gasteiger partial charge in [-0.25, -0.2) is 4.98 Å². The average molecular weight is 364 g/mol. The van der Waals surface area contributed by atoms with E-state index in [0.717, 1.165) is 23.7 Å². The normalized spacial score (nSPS) is 11.7. The van der Waals surface area contributed by atoms with Crippen LogP contribution in [0.1, 0.15) is 23.2 Å². The molecule has 4 rings (SSSR count). The zero-order chi connectivity index (χ0) is 18.1. The molecule has 0 unspecified atom stereocenters. The van der Waals surface area contributed by atoms with E-state index < -0.39 is 0 Å². The van der Waals surface area contributed by atoms with Crippen molar-refractivity contribution in [3.8, 4) is 0 Å². The van der Waals surface area contributed by atoms with Crippen molar-refractivity contribution in [2.45, 2.75) is 26.4 Å².